The topological polar surface area (TPSA) is 68.2 Å². The van der Waals surface area contributed by atoms with E-state index in [1.807, 2.05) is 25.1 Å². The van der Waals surface area contributed by atoms with E-state index >= 15 is 0 Å². The second kappa shape index (κ2) is 8.76. The number of benzene rings is 3. The molecule has 1 aromatic heterocycles. The number of nitrogens with zero attached hydrogens (tertiary/aromatic N) is 1. The number of hydrogen-bond donors (Lipinski definition) is 1. The first-order valence-corrected chi connectivity index (χ1v) is 11.9. The van der Waals surface area contributed by atoms with E-state index in [1.165, 1.54) is 18.3 Å². The van der Waals surface area contributed by atoms with Gasteiger partial charge >= 0.3 is 0 Å². The largest absolute Gasteiger partial charge is 0.337 e. The lowest BCUT2D eigenvalue weighted by atomic mass is 10.2. The molecular formula is C24H20ClFN2O3S. The molecule has 0 bridgehead atoms. The summed E-state index contributed by atoms with van der Waals surface area (Å²) in [5, 5.41) is 3.26. The molecule has 0 aliphatic carbocycles. The lowest BCUT2D eigenvalue weighted by Gasteiger charge is -2.08. The van der Waals surface area contributed by atoms with Gasteiger partial charge in [-0.05, 0) is 36.8 Å². The van der Waals surface area contributed by atoms with Gasteiger partial charge in [0.1, 0.15) is 12.4 Å². The van der Waals surface area contributed by atoms with Crippen molar-refractivity contribution in [3.05, 3.63) is 94.9 Å². The van der Waals surface area contributed by atoms with E-state index < -0.39 is 21.6 Å². The van der Waals surface area contributed by atoms with Gasteiger partial charge in [0, 0.05) is 22.1 Å². The van der Waals surface area contributed by atoms with Gasteiger partial charge in [-0.15, -0.1) is 0 Å². The van der Waals surface area contributed by atoms with Crippen LogP contribution in [0.2, 0.25) is 5.02 Å². The molecule has 8 heteroatoms. The van der Waals surface area contributed by atoms with Gasteiger partial charge in [0.25, 0.3) is 0 Å². The van der Waals surface area contributed by atoms with Crippen molar-refractivity contribution < 1.29 is 17.6 Å². The Bertz CT molecular complexity index is 1430. The van der Waals surface area contributed by atoms with Crippen molar-refractivity contribution >= 4 is 43.9 Å². The van der Waals surface area contributed by atoms with Gasteiger partial charge in [0.15, 0.2) is 9.84 Å². The second-order valence-electron chi connectivity index (χ2n) is 7.56. The first-order chi connectivity index (χ1) is 15.2. The molecule has 0 fully saturated rings. The van der Waals surface area contributed by atoms with E-state index in [1.54, 1.807) is 34.9 Å². The minimum atomic E-state index is -3.67. The van der Waals surface area contributed by atoms with Crippen LogP contribution in [0, 0.1) is 12.7 Å². The Labute approximate surface area is 190 Å². The van der Waals surface area contributed by atoms with Gasteiger partial charge in [-0.3, -0.25) is 4.79 Å². The van der Waals surface area contributed by atoms with Crippen LogP contribution in [0.5, 0.6) is 0 Å². The lowest BCUT2D eigenvalue weighted by molar-refractivity contribution is -0.116. The molecule has 3 aromatic carbocycles. The number of halogens is 2. The van der Waals surface area contributed by atoms with Crippen LogP contribution in [-0.4, -0.2) is 18.9 Å². The normalized spacial score (nSPS) is 11.6. The number of para-hydroxylation sites is 1. The summed E-state index contributed by atoms with van der Waals surface area (Å²) < 4.78 is 42.0. The fraction of sp³-hybridized carbons (Fsp3) is 0.125. The third kappa shape index (κ3) is 4.69. The molecule has 32 heavy (non-hydrogen) atoms. The van der Waals surface area contributed by atoms with Crippen LogP contribution >= 0.6 is 11.6 Å². The Morgan fingerprint density at radius 1 is 1.06 bits per heavy atom. The van der Waals surface area contributed by atoms with Crippen LogP contribution in [-0.2, 0) is 26.9 Å². The van der Waals surface area contributed by atoms with Crippen LogP contribution in [0.3, 0.4) is 0 Å². The van der Waals surface area contributed by atoms with E-state index in [9.17, 15) is 17.6 Å². The number of hydrogen-bond acceptors (Lipinski definition) is 3. The number of anilines is 1. The molecule has 0 radical (unpaired) electrons. The van der Waals surface area contributed by atoms with Crippen molar-refractivity contribution in [2.45, 2.75) is 24.1 Å². The molecule has 4 aromatic rings. The molecule has 1 heterocycles. The molecule has 0 aliphatic rings. The third-order valence-corrected chi connectivity index (χ3v) is 6.99. The fourth-order valence-corrected chi connectivity index (χ4v) is 5.35. The summed E-state index contributed by atoms with van der Waals surface area (Å²) in [6.07, 6.45) is 1.47. The molecule has 0 unspecified atom stereocenters. The Kier molecular flexibility index (Phi) is 6.04. The molecule has 5 nitrogen and oxygen atoms in total. The predicted octanol–water partition coefficient (Wildman–Crippen LogP) is 5.35. The average Bonchev–Trinajstić information content (AvgIpc) is 3.09. The van der Waals surface area contributed by atoms with E-state index in [4.69, 9.17) is 11.6 Å². The highest BCUT2D eigenvalue weighted by Gasteiger charge is 2.22. The second-order valence-corrected chi connectivity index (χ2v) is 9.95. The maximum Gasteiger partial charge on any atom is 0.244 e. The number of sulfone groups is 1. The summed E-state index contributed by atoms with van der Waals surface area (Å²) in [4.78, 5) is 12.7. The molecule has 1 amide bonds. The van der Waals surface area contributed by atoms with Gasteiger partial charge in [-0.25, -0.2) is 12.8 Å². The molecule has 0 atom stereocenters. The van der Waals surface area contributed by atoms with Crippen molar-refractivity contribution in [3.8, 4) is 0 Å². The first-order valence-electron chi connectivity index (χ1n) is 9.84. The summed E-state index contributed by atoms with van der Waals surface area (Å²) in [5.41, 5.74) is 2.27. The summed E-state index contributed by atoms with van der Waals surface area (Å²) >= 11 is 5.75. The molecule has 0 aliphatic heterocycles. The van der Waals surface area contributed by atoms with Crippen LogP contribution in [0.4, 0.5) is 10.1 Å². The zero-order valence-electron chi connectivity index (χ0n) is 17.2. The number of aryl methyl sites for hydroxylation is 1. The van der Waals surface area contributed by atoms with Gasteiger partial charge in [-0.1, -0.05) is 59.6 Å². The number of fused-ring (bicyclic) bond motifs is 1. The quantitative estimate of drug-likeness (QED) is 0.412. The Hall–Kier alpha value is -3.16. The van der Waals surface area contributed by atoms with E-state index in [2.05, 4.69) is 5.32 Å². The van der Waals surface area contributed by atoms with Gasteiger partial charge in [0.2, 0.25) is 5.91 Å². The Morgan fingerprint density at radius 2 is 1.84 bits per heavy atom. The summed E-state index contributed by atoms with van der Waals surface area (Å²) in [5.74, 6) is -1.29. The maximum atomic E-state index is 14.0. The number of amides is 1. The van der Waals surface area contributed by atoms with Gasteiger partial charge in [-0.2, -0.15) is 0 Å². The minimum Gasteiger partial charge on any atom is -0.337 e. The maximum absolute atomic E-state index is 14.0. The number of nitrogens with one attached hydrogen (secondary N) is 1. The molecule has 4 rings (SSSR count). The van der Waals surface area contributed by atoms with Gasteiger partial charge in [0.05, 0.1) is 16.3 Å². The van der Waals surface area contributed by atoms with Crippen LogP contribution in [0.1, 0.15) is 11.1 Å². The highest BCUT2D eigenvalue weighted by Crippen LogP contribution is 2.28. The van der Waals surface area contributed by atoms with Gasteiger partial charge < -0.3 is 9.88 Å². The standard InChI is InChI=1S/C24H20ClFN2O3S/c1-16-5-4-6-17(11-16)15-32(30,31)23-13-28(22-8-3-2-7-19(22)23)14-24(29)27-21-10-9-18(25)12-20(21)26/h2-13H,14-15H2,1H3,(H,27,29). The van der Waals surface area contributed by atoms with E-state index in [0.29, 0.717) is 16.5 Å². The smallest absolute Gasteiger partial charge is 0.244 e. The highest BCUT2D eigenvalue weighted by atomic mass is 35.5. The molecule has 0 spiro atoms. The van der Waals surface area contributed by atoms with Crippen molar-refractivity contribution in [1.29, 1.82) is 0 Å². The Balaban J connectivity index is 1.64. The summed E-state index contributed by atoms with van der Waals surface area (Å²) in [7, 11) is -3.67. The predicted molar refractivity (Wildman–Crippen MR) is 124 cm³/mol. The van der Waals surface area contributed by atoms with Crippen LogP contribution in [0.15, 0.2) is 77.8 Å². The lowest BCUT2D eigenvalue weighted by Crippen LogP contribution is -2.19. The van der Waals surface area contributed by atoms with Crippen molar-refractivity contribution in [2.24, 2.45) is 0 Å². The first kappa shape index (κ1) is 22.0. The average molecular weight is 471 g/mol. The number of carbonyl (C=O) groups excluding carboxylic acids is 1. The van der Waals surface area contributed by atoms with E-state index in [-0.39, 0.29) is 27.9 Å². The van der Waals surface area contributed by atoms with Crippen LogP contribution < -0.4 is 5.32 Å². The SMILES string of the molecule is Cc1cccc(CS(=O)(=O)c2cn(CC(=O)Nc3ccc(Cl)cc3F)c3ccccc23)c1. The molecule has 0 saturated carbocycles. The number of carbonyl (C=O) groups is 1. The monoisotopic (exact) mass is 470 g/mol. The molecular weight excluding hydrogens is 451 g/mol. The zero-order chi connectivity index (χ0) is 22.9. The summed E-state index contributed by atoms with van der Waals surface area (Å²) in [6.45, 7) is 1.73. The number of rotatable bonds is 6. The fourth-order valence-electron chi connectivity index (χ4n) is 3.63. The van der Waals surface area contributed by atoms with Crippen LogP contribution in [0.25, 0.3) is 10.9 Å². The number of aromatic nitrogens is 1. The summed E-state index contributed by atoms with van der Waals surface area (Å²) in [6, 6.07) is 18.3. The van der Waals surface area contributed by atoms with Crippen molar-refractivity contribution in [2.75, 3.05) is 5.32 Å². The molecule has 0 saturated heterocycles. The van der Waals surface area contributed by atoms with Crippen molar-refractivity contribution in [3.63, 3.8) is 0 Å². The van der Waals surface area contributed by atoms with Crippen molar-refractivity contribution in [1.82, 2.24) is 4.57 Å². The molecule has 1 N–H and O–H groups in total. The zero-order valence-corrected chi connectivity index (χ0v) is 18.8. The molecule has 164 valence electrons. The third-order valence-electron chi connectivity index (χ3n) is 5.05. The van der Waals surface area contributed by atoms with E-state index in [0.717, 1.165) is 11.6 Å². The Morgan fingerprint density at radius 3 is 2.59 bits per heavy atom. The minimum absolute atomic E-state index is 0.00292. The highest BCUT2D eigenvalue weighted by molar-refractivity contribution is 7.90.